The van der Waals surface area contributed by atoms with Crippen molar-refractivity contribution in [3.8, 4) is 0 Å². The smallest absolute Gasteiger partial charge is 0.242 e. The van der Waals surface area contributed by atoms with Gasteiger partial charge in [-0.2, -0.15) is 0 Å². The summed E-state index contributed by atoms with van der Waals surface area (Å²) in [5.74, 6) is -0.323. The first-order chi connectivity index (χ1) is 12.8. The van der Waals surface area contributed by atoms with Crippen LogP contribution in [-0.4, -0.2) is 29.7 Å². The molecule has 27 heavy (non-hydrogen) atoms. The number of carbonyl (C=O) groups is 1. The third-order valence-electron chi connectivity index (χ3n) is 3.90. The molecule has 0 atom stereocenters. The van der Waals surface area contributed by atoms with Gasteiger partial charge in [-0.3, -0.25) is 13.8 Å². The topological polar surface area (TPSA) is 81.1 Å². The molecule has 0 radical (unpaired) electrons. The normalized spacial score (nSPS) is 11.3. The van der Waals surface area contributed by atoms with Crippen LogP contribution in [0.1, 0.15) is 21.6 Å². The molecule has 0 amide bonds. The molecular formula is C19H18ClN3O3S. The number of benzene rings is 1. The second kappa shape index (κ2) is 7.94. The lowest BCUT2D eigenvalue weighted by Crippen LogP contribution is -2.15. The Labute approximate surface area is 162 Å². The number of nitrogens with one attached hydrogen (secondary N) is 1. The fraction of sp³-hybridized carbons (Fsp3) is 0.158. The average Bonchev–Trinajstić information content (AvgIpc) is 3.12. The number of aryl methyl sites for hydroxylation is 1. The number of hydrogen-bond acceptors (Lipinski definition) is 5. The highest BCUT2D eigenvalue weighted by atomic mass is 35.5. The maximum atomic E-state index is 12.5. The molecule has 1 N–H and O–H groups in total. The van der Waals surface area contributed by atoms with E-state index < -0.39 is 10.0 Å². The Balaban J connectivity index is 1.64. The fourth-order valence-electron chi connectivity index (χ4n) is 2.43. The number of Topliss-reactive ketones (excluding diaryl/α,β-unsaturated/α-hetero) is 1. The van der Waals surface area contributed by atoms with Crippen molar-refractivity contribution >= 4 is 33.1 Å². The molecule has 8 heteroatoms. The average molecular weight is 404 g/mol. The second-order valence-corrected chi connectivity index (χ2v) is 8.42. The van der Waals surface area contributed by atoms with Gasteiger partial charge in [0.05, 0.1) is 18.0 Å². The number of carbonyl (C=O) groups excluding carboxylic acids is 1. The van der Waals surface area contributed by atoms with Crippen molar-refractivity contribution in [1.82, 2.24) is 8.96 Å². The maximum Gasteiger partial charge on any atom is 0.242 e. The maximum absolute atomic E-state index is 12.5. The number of pyridine rings is 1. The summed E-state index contributed by atoms with van der Waals surface area (Å²) in [5.41, 5.74) is 2.52. The molecule has 140 valence electrons. The first-order valence-electron chi connectivity index (χ1n) is 8.19. The zero-order chi connectivity index (χ0) is 19.4. The zero-order valence-corrected chi connectivity index (χ0v) is 16.2. The molecule has 1 aromatic carbocycles. The van der Waals surface area contributed by atoms with Crippen molar-refractivity contribution in [2.24, 2.45) is 0 Å². The van der Waals surface area contributed by atoms with Crippen molar-refractivity contribution in [2.75, 3.05) is 11.9 Å². The van der Waals surface area contributed by atoms with Crippen LogP contribution in [0.4, 0.5) is 5.69 Å². The van der Waals surface area contributed by atoms with Crippen molar-refractivity contribution in [3.05, 3.63) is 82.9 Å². The molecule has 0 spiro atoms. The van der Waals surface area contributed by atoms with Crippen LogP contribution in [0.25, 0.3) is 0 Å². The molecule has 0 saturated heterocycles. The molecular weight excluding hydrogens is 386 g/mol. The Morgan fingerprint density at radius 2 is 1.89 bits per heavy atom. The highest BCUT2D eigenvalue weighted by molar-refractivity contribution is 7.89. The molecule has 2 heterocycles. The summed E-state index contributed by atoms with van der Waals surface area (Å²) >= 11 is 5.82. The van der Waals surface area contributed by atoms with Crippen molar-refractivity contribution in [1.29, 1.82) is 0 Å². The number of ketones is 1. The van der Waals surface area contributed by atoms with Crippen molar-refractivity contribution in [2.45, 2.75) is 12.7 Å². The summed E-state index contributed by atoms with van der Waals surface area (Å²) in [4.78, 5) is 16.2. The van der Waals surface area contributed by atoms with Crippen LogP contribution in [-0.2, 0) is 15.8 Å². The number of hydrogen-bond donors (Lipinski definition) is 1. The number of halogens is 1. The Morgan fingerprint density at radius 3 is 2.56 bits per heavy atom. The Kier molecular flexibility index (Phi) is 5.62. The molecule has 0 fully saturated rings. The van der Waals surface area contributed by atoms with E-state index in [1.807, 2.05) is 13.0 Å². The van der Waals surface area contributed by atoms with Gasteiger partial charge in [-0.05, 0) is 42.3 Å². The van der Waals surface area contributed by atoms with Gasteiger partial charge in [0.2, 0.25) is 10.0 Å². The molecule has 0 unspecified atom stereocenters. The number of anilines is 1. The van der Waals surface area contributed by atoms with Crippen molar-refractivity contribution < 1.29 is 13.2 Å². The number of rotatable bonds is 7. The van der Waals surface area contributed by atoms with E-state index in [1.165, 1.54) is 12.4 Å². The molecule has 0 aliphatic carbocycles. The van der Waals surface area contributed by atoms with Crippen LogP contribution >= 0.6 is 11.6 Å². The summed E-state index contributed by atoms with van der Waals surface area (Å²) in [6.07, 6.45) is 4.52. The molecule has 3 rings (SSSR count). The lowest BCUT2D eigenvalue weighted by molar-refractivity contribution is 0.100. The van der Waals surface area contributed by atoms with E-state index in [-0.39, 0.29) is 18.1 Å². The van der Waals surface area contributed by atoms with Gasteiger partial charge in [0.25, 0.3) is 0 Å². The Bertz CT molecular complexity index is 1040. The van der Waals surface area contributed by atoms with Crippen LogP contribution < -0.4 is 5.32 Å². The standard InChI is InChI=1S/C19H18ClN3O3S/c1-14-2-7-18(22-10-14)19(24)11-21-17-8-9-23(12-17)27(25,26)13-15-3-5-16(20)6-4-15/h2-10,12,21H,11,13H2,1H3. The van der Waals surface area contributed by atoms with E-state index in [9.17, 15) is 13.2 Å². The van der Waals surface area contributed by atoms with E-state index in [2.05, 4.69) is 10.3 Å². The monoisotopic (exact) mass is 403 g/mol. The van der Waals surface area contributed by atoms with Crippen LogP contribution in [0.15, 0.2) is 61.1 Å². The minimum Gasteiger partial charge on any atom is -0.376 e. The van der Waals surface area contributed by atoms with E-state index in [1.54, 1.807) is 42.6 Å². The van der Waals surface area contributed by atoms with Crippen molar-refractivity contribution in [3.63, 3.8) is 0 Å². The molecule has 3 aromatic rings. The van der Waals surface area contributed by atoms with E-state index in [0.29, 0.717) is 22.0 Å². The van der Waals surface area contributed by atoms with Gasteiger partial charge in [-0.15, -0.1) is 0 Å². The van der Waals surface area contributed by atoms with Crippen LogP contribution in [0, 0.1) is 6.92 Å². The van der Waals surface area contributed by atoms with E-state index in [4.69, 9.17) is 11.6 Å². The second-order valence-electron chi connectivity index (χ2n) is 6.11. The van der Waals surface area contributed by atoms with Crippen LogP contribution in [0.3, 0.4) is 0 Å². The van der Waals surface area contributed by atoms with Gasteiger partial charge < -0.3 is 5.32 Å². The van der Waals surface area contributed by atoms with Gasteiger partial charge in [0.1, 0.15) is 5.69 Å². The summed E-state index contributed by atoms with van der Waals surface area (Å²) in [6, 6.07) is 11.8. The minimum absolute atomic E-state index is 0.0251. The predicted molar refractivity (Wildman–Crippen MR) is 106 cm³/mol. The summed E-state index contributed by atoms with van der Waals surface area (Å²) < 4.78 is 26.2. The number of aromatic nitrogens is 2. The van der Waals surface area contributed by atoms with Gasteiger partial charge in [-0.25, -0.2) is 8.42 Å². The fourth-order valence-corrected chi connectivity index (χ4v) is 3.84. The molecule has 0 bridgehead atoms. The lowest BCUT2D eigenvalue weighted by atomic mass is 10.2. The van der Waals surface area contributed by atoms with Gasteiger partial charge in [0.15, 0.2) is 5.78 Å². The SMILES string of the molecule is Cc1ccc(C(=O)CNc2ccn(S(=O)(=O)Cc3ccc(Cl)cc3)c2)nc1. The molecule has 0 aliphatic rings. The van der Waals surface area contributed by atoms with Gasteiger partial charge >= 0.3 is 0 Å². The third kappa shape index (κ3) is 4.96. The summed E-state index contributed by atoms with van der Waals surface area (Å²) in [6.45, 7) is 1.92. The first kappa shape index (κ1) is 19.1. The molecule has 6 nitrogen and oxygen atoms in total. The van der Waals surface area contributed by atoms with Gasteiger partial charge in [-0.1, -0.05) is 29.8 Å². The predicted octanol–water partition coefficient (Wildman–Crippen LogP) is 3.52. The Hall–Kier alpha value is -2.64. The molecule has 2 aromatic heterocycles. The minimum atomic E-state index is -3.56. The highest BCUT2D eigenvalue weighted by Crippen LogP contribution is 2.16. The molecule has 0 aliphatic heterocycles. The van der Waals surface area contributed by atoms with Crippen LogP contribution in [0.2, 0.25) is 5.02 Å². The number of nitrogens with zero attached hydrogens (tertiary/aromatic N) is 2. The lowest BCUT2D eigenvalue weighted by Gasteiger charge is -2.06. The molecule has 0 saturated carbocycles. The largest absolute Gasteiger partial charge is 0.376 e. The van der Waals surface area contributed by atoms with E-state index in [0.717, 1.165) is 9.54 Å². The summed E-state index contributed by atoms with van der Waals surface area (Å²) in [5, 5.41) is 3.48. The quantitative estimate of drug-likeness (QED) is 0.610. The summed E-state index contributed by atoms with van der Waals surface area (Å²) in [7, 11) is -3.56. The first-order valence-corrected chi connectivity index (χ1v) is 10.2. The van der Waals surface area contributed by atoms with E-state index >= 15 is 0 Å². The zero-order valence-electron chi connectivity index (χ0n) is 14.6. The third-order valence-corrected chi connectivity index (χ3v) is 5.72. The highest BCUT2D eigenvalue weighted by Gasteiger charge is 2.15. The van der Waals surface area contributed by atoms with Gasteiger partial charge in [0, 0.05) is 23.6 Å². The Morgan fingerprint density at radius 1 is 1.15 bits per heavy atom. The van der Waals surface area contributed by atoms with Crippen LogP contribution in [0.5, 0.6) is 0 Å².